The average Bonchev–Trinajstić information content (AvgIpc) is 3.88. The van der Waals surface area contributed by atoms with Crippen LogP contribution in [0.15, 0.2) is 85.2 Å². The number of benzene rings is 2. The lowest BCUT2D eigenvalue weighted by atomic mass is 9.82. The van der Waals surface area contributed by atoms with Gasteiger partial charge in [0.05, 0.1) is 24.6 Å². The Hall–Kier alpha value is -5.41. The van der Waals surface area contributed by atoms with Gasteiger partial charge in [-0.15, -0.1) is 0 Å². The lowest BCUT2D eigenvalue weighted by molar-refractivity contribution is -0.141. The SMILES string of the molecule is C=C(CN1CC2CC1CO2)C(=O)NCc1cccc(C2c3cnn(-c4ccccc4)c3N(CC)C(=O)C2NC(=O)c2nccc(C(F)(F)F)n2)c1. The van der Waals surface area contributed by atoms with Gasteiger partial charge in [-0.3, -0.25) is 24.2 Å². The summed E-state index contributed by atoms with van der Waals surface area (Å²) in [6.45, 7) is 8.03. The van der Waals surface area contributed by atoms with Crippen LogP contribution in [0.3, 0.4) is 0 Å². The van der Waals surface area contributed by atoms with E-state index in [2.05, 4.69) is 37.2 Å². The highest BCUT2D eigenvalue weighted by Gasteiger charge is 2.45. The quantitative estimate of drug-likeness (QED) is 0.240. The number of carbonyl (C=O) groups is 3. The summed E-state index contributed by atoms with van der Waals surface area (Å²) in [5.41, 5.74) is 1.80. The number of carbonyl (C=O) groups excluding carboxylic acids is 3. The Morgan fingerprint density at radius 1 is 1.10 bits per heavy atom. The van der Waals surface area contributed by atoms with Crippen LogP contribution in [0.1, 0.15) is 52.3 Å². The van der Waals surface area contributed by atoms with Gasteiger partial charge in [0, 0.05) is 55.5 Å². The molecule has 2 aromatic carbocycles. The number of aromatic nitrogens is 4. The fourth-order valence-corrected chi connectivity index (χ4v) is 7.04. The van der Waals surface area contributed by atoms with Crippen LogP contribution in [0.4, 0.5) is 19.0 Å². The molecule has 264 valence electrons. The fraction of sp³-hybridized carbons (Fsp3) is 0.333. The predicted octanol–water partition coefficient (Wildman–Crippen LogP) is 3.62. The molecule has 4 unspecified atom stereocenters. The van der Waals surface area contributed by atoms with Gasteiger partial charge in [-0.25, -0.2) is 14.6 Å². The average molecular weight is 701 g/mol. The molecule has 3 aliphatic heterocycles. The number of ether oxygens (including phenoxy) is 1. The Balaban J connectivity index is 1.19. The number of alkyl halides is 3. The molecule has 0 spiro atoms. The van der Waals surface area contributed by atoms with Crippen molar-refractivity contribution in [2.75, 3.05) is 31.1 Å². The molecule has 15 heteroatoms. The number of para-hydroxylation sites is 1. The van der Waals surface area contributed by atoms with Crippen molar-refractivity contribution in [3.8, 4) is 5.69 Å². The first-order chi connectivity index (χ1) is 24.5. The molecule has 2 fully saturated rings. The summed E-state index contributed by atoms with van der Waals surface area (Å²) in [6, 6.07) is 16.1. The van der Waals surface area contributed by atoms with E-state index >= 15 is 0 Å². The van der Waals surface area contributed by atoms with Crippen LogP contribution in [0, 0.1) is 0 Å². The Bertz CT molecular complexity index is 1980. The predicted molar refractivity (Wildman–Crippen MR) is 179 cm³/mol. The van der Waals surface area contributed by atoms with Gasteiger partial charge in [0.1, 0.15) is 17.6 Å². The highest BCUT2D eigenvalue weighted by atomic mass is 19.4. The van der Waals surface area contributed by atoms with E-state index in [-0.39, 0.29) is 25.1 Å². The number of amides is 3. The lowest BCUT2D eigenvalue weighted by Crippen LogP contribution is -2.55. The van der Waals surface area contributed by atoms with Crippen LogP contribution in [0.2, 0.25) is 0 Å². The zero-order valence-electron chi connectivity index (χ0n) is 27.6. The summed E-state index contributed by atoms with van der Waals surface area (Å²) < 4.78 is 47.6. The third-order valence-corrected chi connectivity index (χ3v) is 9.47. The van der Waals surface area contributed by atoms with E-state index in [0.717, 1.165) is 24.7 Å². The number of likely N-dealkylation sites (tertiary alicyclic amines) is 1. The normalized spacial score (nSPS) is 21.4. The number of hydrogen-bond donors (Lipinski definition) is 2. The number of fused-ring (bicyclic) bond motifs is 3. The number of hydrogen-bond acceptors (Lipinski definition) is 8. The maximum atomic E-state index is 14.3. The van der Waals surface area contributed by atoms with Crippen LogP contribution in [-0.2, 0) is 27.0 Å². The molecule has 4 aromatic rings. The molecule has 12 nitrogen and oxygen atoms in total. The van der Waals surface area contributed by atoms with Crippen molar-refractivity contribution in [2.45, 2.75) is 50.2 Å². The molecule has 7 rings (SSSR count). The van der Waals surface area contributed by atoms with Gasteiger partial charge in [-0.2, -0.15) is 18.3 Å². The highest BCUT2D eigenvalue weighted by molar-refractivity contribution is 6.04. The molecule has 3 amide bonds. The van der Waals surface area contributed by atoms with Crippen molar-refractivity contribution in [1.82, 2.24) is 35.3 Å². The van der Waals surface area contributed by atoms with Crippen LogP contribution in [0.5, 0.6) is 0 Å². The molecule has 4 atom stereocenters. The molecule has 3 aliphatic rings. The lowest BCUT2D eigenvalue weighted by Gasteiger charge is -2.38. The van der Waals surface area contributed by atoms with Crippen LogP contribution >= 0.6 is 0 Å². The van der Waals surface area contributed by atoms with Crippen molar-refractivity contribution in [1.29, 1.82) is 0 Å². The largest absolute Gasteiger partial charge is 0.433 e. The molecule has 0 radical (unpaired) electrons. The minimum Gasteiger partial charge on any atom is -0.375 e. The first kappa shape index (κ1) is 34.1. The van der Waals surface area contributed by atoms with Gasteiger partial charge in [0.25, 0.3) is 11.8 Å². The summed E-state index contributed by atoms with van der Waals surface area (Å²) in [5.74, 6) is -2.87. The van der Waals surface area contributed by atoms with Gasteiger partial charge in [0.15, 0.2) is 0 Å². The number of anilines is 1. The maximum Gasteiger partial charge on any atom is 0.433 e. The number of rotatable bonds is 10. The Kier molecular flexibility index (Phi) is 9.16. The molecular weight excluding hydrogens is 665 g/mol. The number of likely N-dealkylation sites (N-methyl/N-ethyl adjacent to an activating group) is 1. The third-order valence-electron chi connectivity index (χ3n) is 9.47. The summed E-state index contributed by atoms with van der Waals surface area (Å²) in [6.07, 6.45) is -1.16. The van der Waals surface area contributed by atoms with Gasteiger partial charge >= 0.3 is 6.18 Å². The van der Waals surface area contributed by atoms with E-state index in [1.165, 1.54) is 4.90 Å². The first-order valence-corrected chi connectivity index (χ1v) is 16.6. The highest BCUT2D eigenvalue weighted by Crippen LogP contribution is 2.41. The Morgan fingerprint density at radius 3 is 2.61 bits per heavy atom. The second-order valence-electron chi connectivity index (χ2n) is 12.8. The van der Waals surface area contributed by atoms with Crippen molar-refractivity contribution >= 4 is 23.5 Å². The second-order valence-corrected chi connectivity index (χ2v) is 12.8. The molecule has 5 heterocycles. The van der Waals surface area contributed by atoms with Gasteiger partial charge in [-0.1, -0.05) is 49.0 Å². The standard InChI is InChI=1S/C36H35F3N8O4/c1-3-46-34-27(17-42-47(34)24-10-5-4-6-11-24)29(30(35(46)50)44-33(49)31-40-13-12-28(43-31)36(37,38)39)23-9-7-8-22(14-23)16-41-32(48)21(2)18-45-19-26-15-25(45)20-51-26/h4-14,17,25-26,29-30H,2-3,15-16,18-20H2,1H3,(H,41,48)(H,44,49). The van der Waals surface area contributed by atoms with E-state index in [4.69, 9.17) is 4.74 Å². The molecule has 2 saturated heterocycles. The van der Waals surface area contributed by atoms with Gasteiger partial charge < -0.3 is 15.4 Å². The molecule has 2 N–H and O–H groups in total. The smallest absolute Gasteiger partial charge is 0.375 e. The van der Waals surface area contributed by atoms with E-state index in [0.29, 0.717) is 53.5 Å². The van der Waals surface area contributed by atoms with Crippen molar-refractivity contribution < 1.29 is 32.3 Å². The topological polar surface area (TPSA) is 135 Å². The van der Waals surface area contributed by atoms with Crippen molar-refractivity contribution in [3.63, 3.8) is 0 Å². The minimum atomic E-state index is -4.80. The zero-order chi connectivity index (χ0) is 35.9. The number of nitrogens with one attached hydrogen (secondary N) is 2. The molecule has 2 bridgehead atoms. The molecule has 51 heavy (non-hydrogen) atoms. The zero-order valence-corrected chi connectivity index (χ0v) is 27.6. The van der Waals surface area contributed by atoms with Crippen LogP contribution in [0.25, 0.3) is 5.69 Å². The summed E-state index contributed by atoms with van der Waals surface area (Å²) >= 11 is 0. The van der Waals surface area contributed by atoms with E-state index < -0.39 is 41.5 Å². The third kappa shape index (κ3) is 6.73. The van der Waals surface area contributed by atoms with E-state index in [9.17, 15) is 27.6 Å². The molecule has 0 saturated carbocycles. The Morgan fingerprint density at radius 2 is 1.90 bits per heavy atom. The molecule has 2 aromatic heterocycles. The van der Waals surface area contributed by atoms with Crippen molar-refractivity contribution in [2.24, 2.45) is 0 Å². The number of morpholine rings is 1. The number of halogens is 3. The Labute approximate surface area is 291 Å². The first-order valence-electron chi connectivity index (χ1n) is 16.6. The van der Waals surface area contributed by atoms with Crippen LogP contribution in [-0.4, -0.2) is 86.8 Å². The summed E-state index contributed by atoms with van der Waals surface area (Å²) in [4.78, 5) is 51.7. The van der Waals surface area contributed by atoms with E-state index in [1.807, 2.05) is 42.5 Å². The molecular formula is C36H35F3N8O4. The minimum absolute atomic E-state index is 0.161. The van der Waals surface area contributed by atoms with Gasteiger partial charge in [0.2, 0.25) is 11.7 Å². The van der Waals surface area contributed by atoms with Gasteiger partial charge in [-0.05, 0) is 42.7 Å². The molecule has 0 aliphatic carbocycles. The van der Waals surface area contributed by atoms with E-state index in [1.54, 1.807) is 29.9 Å². The number of nitrogens with zero attached hydrogens (tertiary/aromatic N) is 6. The fourth-order valence-electron chi connectivity index (χ4n) is 7.04. The monoisotopic (exact) mass is 700 g/mol. The van der Waals surface area contributed by atoms with Crippen molar-refractivity contribution in [3.05, 3.63) is 113 Å². The maximum absolute atomic E-state index is 14.3. The summed E-state index contributed by atoms with van der Waals surface area (Å²) in [5, 5.41) is 10.2. The summed E-state index contributed by atoms with van der Waals surface area (Å²) in [7, 11) is 0. The van der Waals surface area contributed by atoms with Crippen LogP contribution < -0.4 is 15.5 Å². The second kappa shape index (κ2) is 13.7.